The summed E-state index contributed by atoms with van der Waals surface area (Å²) >= 11 is 17.9. The molecule has 3 rings (SSSR count). The fraction of sp³-hybridized carbons (Fsp3) is 0.263. The number of carbonyl (C=O) groups is 1. The van der Waals surface area contributed by atoms with Crippen LogP contribution in [0.4, 0.5) is 0 Å². The largest absolute Gasteiger partial charge is 0.299 e. The van der Waals surface area contributed by atoms with Crippen molar-refractivity contribution in [3.05, 3.63) is 68.7 Å². The Morgan fingerprint density at radius 3 is 2.42 bits per heavy atom. The number of aliphatic imine (C=N–C) groups is 1. The van der Waals surface area contributed by atoms with E-state index in [9.17, 15) is 4.79 Å². The number of nitrogens with zero attached hydrogens (tertiary/aromatic N) is 1. The molecule has 0 N–H and O–H groups in total. The van der Waals surface area contributed by atoms with E-state index in [2.05, 4.69) is 4.99 Å². The van der Waals surface area contributed by atoms with Gasteiger partial charge in [0, 0.05) is 23.6 Å². The monoisotopic (exact) mass is 379 g/mol. The van der Waals surface area contributed by atoms with Crippen molar-refractivity contribution in [1.29, 1.82) is 0 Å². The molecule has 1 aliphatic carbocycles. The van der Waals surface area contributed by atoms with Gasteiger partial charge in [-0.25, -0.2) is 0 Å². The highest BCUT2D eigenvalue weighted by molar-refractivity contribution is 6.42. The first-order valence-corrected chi connectivity index (χ1v) is 8.88. The quantitative estimate of drug-likeness (QED) is 0.630. The van der Waals surface area contributed by atoms with Crippen LogP contribution in [0.1, 0.15) is 36.3 Å². The molecule has 1 aliphatic rings. The third-order valence-corrected chi connectivity index (χ3v) is 5.16. The first kappa shape index (κ1) is 17.5. The molecule has 0 bridgehead atoms. The molecular weight excluding hydrogens is 365 g/mol. The van der Waals surface area contributed by atoms with Gasteiger partial charge in [0.15, 0.2) is 0 Å². The Balaban J connectivity index is 1.73. The van der Waals surface area contributed by atoms with Crippen LogP contribution in [0.25, 0.3) is 0 Å². The number of Topliss-reactive ketones (excluding diaryl/α,β-unsaturated/α-hetero) is 1. The fourth-order valence-electron chi connectivity index (χ4n) is 2.94. The van der Waals surface area contributed by atoms with Crippen molar-refractivity contribution >= 4 is 46.3 Å². The predicted octanol–water partition coefficient (Wildman–Crippen LogP) is 6.12. The zero-order valence-electron chi connectivity index (χ0n) is 12.9. The maximum absolute atomic E-state index is 12.1. The third kappa shape index (κ3) is 4.38. The number of benzene rings is 2. The Morgan fingerprint density at radius 2 is 1.71 bits per heavy atom. The second-order valence-electron chi connectivity index (χ2n) is 6.00. The van der Waals surface area contributed by atoms with Crippen LogP contribution in [0.5, 0.6) is 0 Å². The van der Waals surface area contributed by atoms with E-state index in [0.29, 0.717) is 34.5 Å². The van der Waals surface area contributed by atoms with Gasteiger partial charge in [0.1, 0.15) is 5.78 Å². The molecule has 5 heteroatoms. The zero-order valence-corrected chi connectivity index (χ0v) is 15.2. The molecule has 24 heavy (non-hydrogen) atoms. The summed E-state index contributed by atoms with van der Waals surface area (Å²) in [5.74, 6) is 0.408. The number of rotatable bonds is 3. The van der Waals surface area contributed by atoms with Crippen molar-refractivity contribution in [2.75, 3.05) is 0 Å². The molecular formula is C19H16Cl3NO. The van der Waals surface area contributed by atoms with Gasteiger partial charge < -0.3 is 0 Å². The van der Waals surface area contributed by atoms with Crippen molar-refractivity contribution in [2.45, 2.75) is 31.7 Å². The molecule has 2 nitrogen and oxygen atoms in total. The molecule has 0 radical (unpaired) electrons. The minimum absolute atomic E-state index is 0.177. The van der Waals surface area contributed by atoms with E-state index in [1.165, 1.54) is 0 Å². The van der Waals surface area contributed by atoms with Crippen LogP contribution in [-0.4, -0.2) is 11.5 Å². The molecule has 0 amide bonds. The Morgan fingerprint density at radius 1 is 0.958 bits per heavy atom. The zero-order chi connectivity index (χ0) is 17.1. The Labute approximate surface area is 156 Å². The highest BCUT2D eigenvalue weighted by Gasteiger charge is 2.25. The first-order valence-electron chi connectivity index (χ1n) is 7.74. The Bertz CT molecular complexity index is 784. The average Bonchev–Trinajstić information content (AvgIpc) is 2.56. The fourth-order valence-corrected chi connectivity index (χ4v) is 3.38. The maximum atomic E-state index is 12.1. The highest BCUT2D eigenvalue weighted by atomic mass is 35.5. The smallest absolute Gasteiger partial charge is 0.139 e. The number of halogens is 3. The standard InChI is InChI=1S/C19H16Cl3NO/c20-15-4-2-13(3-5-15)14-8-16(10-17(24)9-14)23-11-12-1-6-18(21)19(22)7-12/h1-7,14H,8-11H2/t14-/m0/s1. The van der Waals surface area contributed by atoms with Crippen LogP contribution < -0.4 is 0 Å². The van der Waals surface area contributed by atoms with Crippen molar-refractivity contribution < 1.29 is 4.79 Å². The van der Waals surface area contributed by atoms with Gasteiger partial charge in [0.05, 0.1) is 16.6 Å². The lowest BCUT2D eigenvalue weighted by Crippen LogP contribution is -2.21. The molecule has 0 aliphatic heterocycles. The van der Waals surface area contributed by atoms with Crippen molar-refractivity contribution in [2.24, 2.45) is 4.99 Å². The number of hydrogen-bond acceptors (Lipinski definition) is 2. The SMILES string of the molecule is O=C1CC(=NCc2ccc(Cl)c(Cl)c2)C[C@H](c2ccc(Cl)cc2)C1. The van der Waals surface area contributed by atoms with E-state index in [1.54, 1.807) is 6.07 Å². The van der Waals surface area contributed by atoms with Crippen LogP contribution in [-0.2, 0) is 11.3 Å². The summed E-state index contributed by atoms with van der Waals surface area (Å²) in [6.45, 7) is 0.507. The predicted molar refractivity (Wildman–Crippen MR) is 101 cm³/mol. The lowest BCUT2D eigenvalue weighted by atomic mass is 9.82. The van der Waals surface area contributed by atoms with Gasteiger partial charge in [-0.1, -0.05) is 53.0 Å². The summed E-state index contributed by atoms with van der Waals surface area (Å²) < 4.78 is 0. The molecule has 124 valence electrons. The van der Waals surface area contributed by atoms with Gasteiger partial charge in [-0.3, -0.25) is 9.79 Å². The van der Waals surface area contributed by atoms with Crippen LogP contribution in [0, 0.1) is 0 Å². The molecule has 0 spiro atoms. The van der Waals surface area contributed by atoms with Gasteiger partial charge in [0.25, 0.3) is 0 Å². The van der Waals surface area contributed by atoms with Crippen molar-refractivity contribution in [1.82, 2.24) is 0 Å². The molecule has 2 aromatic carbocycles. The Hall–Kier alpha value is -1.35. The van der Waals surface area contributed by atoms with Gasteiger partial charge in [0.2, 0.25) is 0 Å². The van der Waals surface area contributed by atoms with E-state index in [0.717, 1.165) is 23.3 Å². The summed E-state index contributed by atoms with van der Waals surface area (Å²) in [4.78, 5) is 16.7. The molecule has 1 atom stereocenters. The van der Waals surface area contributed by atoms with Crippen LogP contribution in [0.2, 0.25) is 15.1 Å². The minimum atomic E-state index is 0.177. The van der Waals surface area contributed by atoms with Crippen LogP contribution in [0.15, 0.2) is 47.5 Å². The molecule has 0 heterocycles. The van der Waals surface area contributed by atoms with Gasteiger partial charge in [-0.05, 0) is 47.7 Å². The second-order valence-corrected chi connectivity index (χ2v) is 7.25. The third-order valence-electron chi connectivity index (χ3n) is 4.17. The van der Waals surface area contributed by atoms with Crippen LogP contribution in [0.3, 0.4) is 0 Å². The van der Waals surface area contributed by atoms with Crippen molar-refractivity contribution in [3.63, 3.8) is 0 Å². The lowest BCUT2D eigenvalue weighted by Gasteiger charge is -2.23. The van der Waals surface area contributed by atoms with Gasteiger partial charge >= 0.3 is 0 Å². The maximum Gasteiger partial charge on any atom is 0.139 e. The summed E-state index contributed by atoms with van der Waals surface area (Å²) in [7, 11) is 0. The van der Waals surface area contributed by atoms with Gasteiger partial charge in [-0.15, -0.1) is 0 Å². The van der Waals surface area contributed by atoms with E-state index >= 15 is 0 Å². The topological polar surface area (TPSA) is 29.4 Å². The second kappa shape index (κ2) is 7.69. The molecule has 0 aromatic heterocycles. The minimum Gasteiger partial charge on any atom is -0.299 e. The highest BCUT2D eigenvalue weighted by Crippen LogP contribution is 2.31. The summed E-state index contributed by atoms with van der Waals surface area (Å²) in [6.07, 6.45) is 1.80. The van der Waals surface area contributed by atoms with E-state index in [-0.39, 0.29) is 11.7 Å². The summed E-state index contributed by atoms with van der Waals surface area (Å²) in [5, 5.41) is 1.76. The lowest BCUT2D eigenvalue weighted by molar-refractivity contribution is -0.118. The van der Waals surface area contributed by atoms with E-state index in [4.69, 9.17) is 34.8 Å². The average molecular weight is 381 g/mol. The molecule has 2 aromatic rings. The van der Waals surface area contributed by atoms with Gasteiger partial charge in [-0.2, -0.15) is 0 Å². The summed E-state index contributed by atoms with van der Waals surface area (Å²) in [5.41, 5.74) is 3.06. The summed E-state index contributed by atoms with van der Waals surface area (Å²) in [6, 6.07) is 13.2. The normalized spacial score (nSPS) is 19.7. The number of ketones is 1. The molecule has 1 fully saturated rings. The van der Waals surface area contributed by atoms with E-state index in [1.807, 2.05) is 36.4 Å². The number of carbonyl (C=O) groups excluding carboxylic acids is 1. The molecule has 1 saturated carbocycles. The first-order chi connectivity index (χ1) is 11.5. The molecule has 0 unspecified atom stereocenters. The Kier molecular flexibility index (Phi) is 5.60. The number of hydrogen-bond donors (Lipinski definition) is 0. The van der Waals surface area contributed by atoms with E-state index < -0.39 is 0 Å². The van der Waals surface area contributed by atoms with Crippen molar-refractivity contribution in [3.8, 4) is 0 Å². The van der Waals surface area contributed by atoms with Crippen LogP contribution >= 0.6 is 34.8 Å². The molecule has 0 saturated heterocycles.